The van der Waals surface area contributed by atoms with Gasteiger partial charge in [-0.15, -0.1) is 0 Å². The van der Waals surface area contributed by atoms with Gasteiger partial charge in [-0.25, -0.2) is 4.39 Å². The van der Waals surface area contributed by atoms with Crippen LogP contribution in [0.25, 0.3) is 0 Å². The zero-order valence-electron chi connectivity index (χ0n) is 8.43. The summed E-state index contributed by atoms with van der Waals surface area (Å²) in [6.45, 7) is 5.28. The van der Waals surface area contributed by atoms with Gasteiger partial charge in [-0.05, 0) is 24.3 Å². The second kappa shape index (κ2) is 3.13. The number of ether oxygens (including phenoxy) is 1. The fraction of sp³-hybridized carbons (Fsp3) is 0.700. The smallest absolute Gasteiger partial charge is 0.309 e. The highest BCUT2D eigenvalue weighted by Crippen LogP contribution is 2.59. The molecule has 1 aliphatic carbocycles. The molecule has 2 atom stereocenters. The molecule has 0 unspecified atom stereocenters. The zero-order valence-corrected chi connectivity index (χ0v) is 8.43. The predicted octanol–water partition coefficient (Wildman–Crippen LogP) is 2.30. The maximum Gasteiger partial charge on any atom is 0.309 e. The summed E-state index contributed by atoms with van der Waals surface area (Å²) in [4.78, 5) is 11.2. The fourth-order valence-electron chi connectivity index (χ4n) is 1.81. The van der Waals surface area contributed by atoms with E-state index in [2.05, 4.69) is 4.74 Å². The minimum atomic E-state index is -0.243. The van der Waals surface area contributed by atoms with Gasteiger partial charge in [-0.1, -0.05) is 13.8 Å². The molecule has 1 aliphatic rings. The second-order valence-electron chi connectivity index (χ2n) is 4.10. The Morgan fingerprint density at radius 2 is 2.08 bits per heavy atom. The standard InChI is InChI=1S/C10H15FO2/c1-6(11)5-7-8(9(12)13-4)10(7,2)3/h5,7-8H,1-4H3/b6-5+/t7-,8-/m0/s1. The van der Waals surface area contributed by atoms with Crippen LogP contribution >= 0.6 is 0 Å². The molecule has 0 aliphatic heterocycles. The minimum Gasteiger partial charge on any atom is -0.469 e. The first kappa shape index (κ1) is 10.2. The van der Waals surface area contributed by atoms with Gasteiger partial charge in [0.1, 0.15) is 0 Å². The Morgan fingerprint density at radius 1 is 1.54 bits per heavy atom. The molecule has 0 saturated heterocycles. The number of carbonyl (C=O) groups is 1. The molecule has 0 heterocycles. The molecule has 0 N–H and O–H groups in total. The van der Waals surface area contributed by atoms with Crippen LogP contribution in [0.15, 0.2) is 11.9 Å². The number of carbonyl (C=O) groups excluding carboxylic acids is 1. The van der Waals surface area contributed by atoms with Gasteiger partial charge in [0.25, 0.3) is 0 Å². The number of allylic oxidation sites excluding steroid dienone is 2. The van der Waals surface area contributed by atoms with Gasteiger partial charge in [0.05, 0.1) is 18.9 Å². The van der Waals surface area contributed by atoms with E-state index in [1.807, 2.05) is 13.8 Å². The van der Waals surface area contributed by atoms with Crippen molar-refractivity contribution >= 4 is 5.97 Å². The Morgan fingerprint density at radius 3 is 2.46 bits per heavy atom. The molecule has 0 spiro atoms. The van der Waals surface area contributed by atoms with Crippen LogP contribution in [0.2, 0.25) is 0 Å². The molecule has 74 valence electrons. The Kier molecular flexibility index (Phi) is 2.46. The summed E-state index contributed by atoms with van der Waals surface area (Å²) >= 11 is 0. The summed E-state index contributed by atoms with van der Waals surface area (Å²) in [6, 6.07) is 0. The lowest BCUT2D eigenvalue weighted by Gasteiger charge is -1.98. The van der Waals surface area contributed by atoms with Gasteiger partial charge in [0.2, 0.25) is 0 Å². The lowest BCUT2D eigenvalue weighted by molar-refractivity contribution is -0.143. The number of hydrogen-bond acceptors (Lipinski definition) is 2. The average Bonchev–Trinajstić information content (AvgIpc) is 2.51. The summed E-state index contributed by atoms with van der Waals surface area (Å²) in [5.41, 5.74) is -0.152. The van der Waals surface area contributed by atoms with E-state index in [-0.39, 0.29) is 29.0 Å². The third-order valence-corrected chi connectivity index (χ3v) is 2.78. The van der Waals surface area contributed by atoms with E-state index in [4.69, 9.17) is 0 Å². The van der Waals surface area contributed by atoms with E-state index >= 15 is 0 Å². The van der Waals surface area contributed by atoms with E-state index in [1.165, 1.54) is 20.1 Å². The van der Waals surface area contributed by atoms with Gasteiger partial charge >= 0.3 is 5.97 Å². The molecule has 0 radical (unpaired) electrons. The highest BCUT2D eigenvalue weighted by atomic mass is 19.1. The average molecular weight is 186 g/mol. The van der Waals surface area contributed by atoms with E-state index < -0.39 is 0 Å². The minimum absolute atomic E-state index is 0.00931. The number of rotatable bonds is 2. The first-order valence-electron chi connectivity index (χ1n) is 4.33. The van der Waals surface area contributed by atoms with E-state index in [0.717, 1.165) is 0 Å². The Bertz CT molecular complexity index is 252. The largest absolute Gasteiger partial charge is 0.469 e. The third kappa shape index (κ3) is 1.74. The first-order chi connectivity index (χ1) is 5.91. The van der Waals surface area contributed by atoms with Crippen LogP contribution in [0, 0.1) is 17.3 Å². The normalized spacial score (nSPS) is 31.3. The molecular weight excluding hydrogens is 171 g/mol. The van der Waals surface area contributed by atoms with Gasteiger partial charge in [0, 0.05) is 0 Å². The molecular formula is C10H15FO2. The van der Waals surface area contributed by atoms with Gasteiger partial charge in [-0.3, -0.25) is 4.79 Å². The van der Waals surface area contributed by atoms with Crippen LogP contribution < -0.4 is 0 Å². The number of esters is 1. The van der Waals surface area contributed by atoms with Crippen molar-refractivity contribution in [2.75, 3.05) is 7.11 Å². The molecule has 13 heavy (non-hydrogen) atoms. The van der Waals surface area contributed by atoms with Crippen molar-refractivity contribution in [2.45, 2.75) is 20.8 Å². The van der Waals surface area contributed by atoms with Crippen LogP contribution in [0.3, 0.4) is 0 Å². The maximum absolute atomic E-state index is 12.6. The van der Waals surface area contributed by atoms with Crippen LogP contribution in [-0.4, -0.2) is 13.1 Å². The van der Waals surface area contributed by atoms with Gasteiger partial charge in [0.15, 0.2) is 0 Å². The molecule has 0 aromatic rings. The van der Waals surface area contributed by atoms with Crippen molar-refractivity contribution in [2.24, 2.45) is 17.3 Å². The quantitative estimate of drug-likeness (QED) is 0.618. The lowest BCUT2D eigenvalue weighted by atomic mass is 10.1. The highest BCUT2D eigenvalue weighted by molar-refractivity contribution is 5.78. The number of methoxy groups -OCH3 is 1. The molecule has 0 aromatic carbocycles. The summed E-state index contributed by atoms with van der Waals surface area (Å²) < 4.78 is 17.2. The number of hydrogen-bond donors (Lipinski definition) is 0. The predicted molar refractivity (Wildman–Crippen MR) is 47.6 cm³/mol. The Hall–Kier alpha value is -0.860. The molecule has 0 aromatic heterocycles. The van der Waals surface area contributed by atoms with Crippen molar-refractivity contribution in [1.82, 2.24) is 0 Å². The van der Waals surface area contributed by atoms with Crippen molar-refractivity contribution in [3.63, 3.8) is 0 Å². The van der Waals surface area contributed by atoms with Crippen molar-refractivity contribution in [3.05, 3.63) is 11.9 Å². The maximum atomic E-state index is 12.6. The van der Waals surface area contributed by atoms with Crippen molar-refractivity contribution in [3.8, 4) is 0 Å². The van der Waals surface area contributed by atoms with E-state index in [1.54, 1.807) is 0 Å². The molecule has 0 amide bonds. The molecule has 1 rings (SSSR count). The Balaban J connectivity index is 2.72. The summed E-state index contributed by atoms with van der Waals surface area (Å²) in [7, 11) is 1.36. The highest BCUT2D eigenvalue weighted by Gasteiger charge is 2.61. The SMILES string of the molecule is COC(=O)[C@@H]1[C@H](/C=C(\C)F)C1(C)C. The summed E-state index contributed by atoms with van der Waals surface area (Å²) in [5, 5.41) is 0. The molecule has 1 fully saturated rings. The van der Waals surface area contributed by atoms with Crippen LogP contribution in [-0.2, 0) is 9.53 Å². The zero-order chi connectivity index (χ0) is 10.2. The van der Waals surface area contributed by atoms with Crippen LogP contribution in [0.5, 0.6) is 0 Å². The van der Waals surface area contributed by atoms with Gasteiger partial charge in [-0.2, -0.15) is 0 Å². The first-order valence-corrected chi connectivity index (χ1v) is 4.33. The fourth-order valence-corrected chi connectivity index (χ4v) is 1.81. The Labute approximate surface area is 77.8 Å². The lowest BCUT2D eigenvalue weighted by Crippen LogP contribution is -2.07. The number of halogens is 1. The topological polar surface area (TPSA) is 26.3 Å². The monoisotopic (exact) mass is 186 g/mol. The van der Waals surface area contributed by atoms with Crippen LogP contribution in [0.4, 0.5) is 4.39 Å². The van der Waals surface area contributed by atoms with Crippen LogP contribution in [0.1, 0.15) is 20.8 Å². The van der Waals surface area contributed by atoms with E-state index in [9.17, 15) is 9.18 Å². The second-order valence-corrected chi connectivity index (χ2v) is 4.10. The molecule has 0 bridgehead atoms. The third-order valence-electron chi connectivity index (χ3n) is 2.78. The molecule has 1 saturated carbocycles. The van der Waals surface area contributed by atoms with Gasteiger partial charge < -0.3 is 4.74 Å². The molecule has 3 heteroatoms. The summed E-state index contributed by atoms with van der Waals surface area (Å²) in [6.07, 6.45) is 1.50. The molecule has 2 nitrogen and oxygen atoms in total. The van der Waals surface area contributed by atoms with E-state index in [0.29, 0.717) is 0 Å². The van der Waals surface area contributed by atoms with Crippen molar-refractivity contribution < 1.29 is 13.9 Å². The van der Waals surface area contributed by atoms with Crippen molar-refractivity contribution in [1.29, 1.82) is 0 Å². The summed E-state index contributed by atoms with van der Waals surface area (Å²) in [5.74, 6) is -0.662.